The lowest BCUT2D eigenvalue weighted by atomic mass is 9.98. The lowest BCUT2D eigenvalue weighted by Gasteiger charge is -2.24. The van der Waals surface area contributed by atoms with Crippen LogP contribution in [0.1, 0.15) is 42.5 Å². The number of aryl methyl sites for hydroxylation is 2. The molecule has 3 heteroatoms. The van der Waals surface area contributed by atoms with Crippen molar-refractivity contribution in [1.29, 1.82) is 0 Å². The van der Waals surface area contributed by atoms with Gasteiger partial charge in [0.1, 0.15) is 0 Å². The summed E-state index contributed by atoms with van der Waals surface area (Å²) >= 11 is 0. The number of hydrogen-bond donors (Lipinski definition) is 3. The van der Waals surface area contributed by atoms with Gasteiger partial charge in [-0.25, -0.2) is 0 Å². The second kappa shape index (κ2) is 7.52. The van der Waals surface area contributed by atoms with Crippen molar-refractivity contribution in [3.05, 3.63) is 34.9 Å². The maximum Gasteiger partial charge on any atom is 0.0449 e. The zero-order chi connectivity index (χ0) is 13.5. The zero-order valence-corrected chi connectivity index (χ0v) is 11.7. The van der Waals surface area contributed by atoms with E-state index in [4.69, 9.17) is 10.8 Å². The Morgan fingerprint density at radius 1 is 1.33 bits per heavy atom. The highest BCUT2D eigenvalue weighted by atomic mass is 16.2. The van der Waals surface area contributed by atoms with Crippen molar-refractivity contribution >= 4 is 0 Å². The van der Waals surface area contributed by atoms with Crippen LogP contribution < -0.4 is 11.1 Å². The van der Waals surface area contributed by atoms with E-state index in [-0.39, 0.29) is 12.6 Å². The molecule has 1 aromatic carbocycles. The average molecular weight is 250 g/mol. The molecule has 0 spiro atoms. The number of aliphatic hydroxyl groups excluding tert-OH is 1. The largest absolute Gasteiger partial charge is 0.396 e. The van der Waals surface area contributed by atoms with Gasteiger partial charge in [0.15, 0.2) is 0 Å². The fraction of sp³-hybridized carbons (Fsp3) is 0.600. The summed E-state index contributed by atoms with van der Waals surface area (Å²) in [5.74, 6) is 0. The topological polar surface area (TPSA) is 58.3 Å². The van der Waals surface area contributed by atoms with Crippen molar-refractivity contribution in [2.45, 2.75) is 45.7 Å². The van der Waals surface area contributed by atoms with Crippen LogP contribution in [0.5, 0.6) is 0 Å². The Balaban J connectivity index is 2.73. The first-order chi connectivity index (χ1) is 8.58. The molecule has 4 N–H and O–H groups in total. The van der Waals surface area contributed by atoms with E-state index in [9.17, 15) is 0 Å². The Hall–Kier alpha value is -0.900. The first-order valence-electron chi connectivity index (χ1n) is 6.72. The van der Waals surface area contributed by atoms with Crippen LogP contribution in [0.4, 0.5) is 0 Å². The molecule has 18 heavy (non-hydrogen) atoms. The van der Waals surface area contributed by atoms with Crippen molar-refractivity contribution in [2.75, 3.05) is 13.2 Å². The van der Waals surface area contributed by atoms with Crippen LogP contribution in [-0.4, -0.2) is 24.3 Å². The van der Waals surface area contributed by atoms with Gasteiger partial charge in [0.2, 0.25) is 0 Å². The predicted molar refractivity (Wildman–Crippen MR) is 76.6 cm³/mol. The molecule has 2 atom stereocenters. The molecule has 0 amide bonds. The van der Waals surface area contributed by atoms with Crippen LogP contribution in [0.2, 0.25) is 0 Å². The normalized spacial score (nSPS) is 14.5. The minimum absolute atomic E-state index is 0.193. The van der Waals surface area contributed by atoms with Crippen LogP contribution in [0.25, 0.3) is 0 Å². The molecule has 0 aliphatic rings. The van der Waals surface area contributed by atoms with E-state index in [1.165, 1.54) is 16.7 Å². The number of benzene rings is 1. The zero-order valence-electron chi connectivity index (χ0n) is 11.7. The molecule has 0 bridgehead atoms. The highest BCUT2D eigenvalue weighted by Gasteiger charge is 2.14. The van der Waals surface area contributed by atoms with Crippen molar-refractivity contribution in [1.82, 2.24) is 5.32 Å². The molecule has 2 unspecified atom stereocenters. The number of nitrogens with one attached hydrogen (secondary N) is 1. The van der Waals surface area contributed by atoms with E-state index in [0.717, 1.165) is 12.8 Å². The minimum atomic E-state index is 0.193. The highest BCUT2D eigenvalue weighted by molar-refractivity contribution is 5.33. The van der Waals surface area contributed by atoms with Gasteiger partial charge in [-0.1, -0.05) is 23.8 Å². The third-order valence-corrected chi connectivity index (χ3v) is 3.33. The molecule has 0 radical (unpaired) electrons. The average Bonchev–Trinajstić information content (AvgIpc) is 2.36. The Morgan fingerprint density at radius 2 is 2.06 bits per heavy atom. The summed E-state index contributed by atoms with van der Waals surface area (Å²) in [6.45, 7) is 7.21. The van der Waals surface area contributed by atoms with Crippen LogP contribution in [0.15, 0.2) is 18.2 Å². The number of aliphatic hydroxyl groups is 1. The van der Waals surface area contributed by atoms with Gasteiger partial charge in [-0.05, 0) is 44.7 Å². The Labute approximate surface area is 110 Å². The molecule has 0 aliphatic heterocycles. The molecule has 3 nitrogen and oxygen atoms in total. The van der Waals surface area contributed by atoms with E-state index < -0.39 is 0 Å². The van der Waals surface area contributed by atoms with Gasteiger partial charge >= 0.3 is 0 Å². The van der Waals surface area contributed by atoms with E-state index in [0.29, 0.717) is 12.6 Å². The molecule has 102 valence electrons. The maximum atomic E-state index is 8.85. The molecule has 1 aromatic rings. The van der Waals surface area contributed by atoms with Crippen molar-refractivity contribution in [3.8, 4) is 0 Å². The van der Waals surface area contributed by atoms with Gasteiger partial charge < -0.3 is 16.2 Å². The van der Waals surface area contributed by atoms with Gasteiger partial charge in [-0.3, -0.25) is 0 Å². The quantitative estimate of drug-likeness (QED) is 0.694. The van der Waals surface area contributed by atoms with Gasteiger partial charge in [0.25, 0.3) is 0 Å². The van der Waals surface area contributed by atoms with E-state index in [1.54, 1.807) is 0 Å². The van der Waals surface area contributed by atoms with Gasteiger partial charge in [0, 0.05) is 25.2 Å². The summed E-state index contributed by atoms with van der Waals surface area (Å²) in [6.07, 6.45) is 1.80. The molecule has 0 saturated carbocycles. The third-order valence-electron chi connectivity index (χ3n) is 3.33. The fourth-order valence-corrected chi connectivity index (χ4v) is 2.24. The number of rotatable bonds is 7. The molecule has 0 aliphatic carbocycles. The predicted octanol–water partition coefficient (Wildman–Crippen LogP) is 2.05. The van der Waals surface area contributed by atoms with Crippen LogP contribution >= 0.6 is 0 Å². The van der Waals surface area contributed by atoms with Gasteiger partial charge in [-0.15, -0.1) is 0 Å². The monoisotopic (exact) mass is 250 g/mol. The Bertz CT molecular complexity index is 366. The summed E-state index contributed by atoms with van der Waals surface area (Å²) in [5.41, 5.74) is 9.71. The molecular weight excluding hydrogens is 224 g/mol. The fourth-order valence-electron chi connectivity index (χ4n) is 2.24. The van der Waals surface area contributed by atoms with E-state index in [1.807, 2.05) is 0 Å². The SMILES string of the molecule is Cc1ccc(C)c(C(CN)NC(C)CCCO)c1. The molecule has 0 saturated heterocycles. The van der Waals surface area contributed by atoms with Crippen LogP contribution in [-0.2, 0) is 0 Å². The molecule has 0 fully saturated rings. The smallest absolute Gasteiger partial charge is 0.0449 e. The highest BCUT2D eigenvalue weighted by Crippen LogP contribution is 2.19. The number of hydrogen-bond acceptors (Lipinski definition) is 3. The molecule has 0 heterocycles. The maximum absolute atomic E-state index is 8.85. The van der Waals surface area contributed by atoms with Gasteiger partial charge in [-0.2, -0.15) is 0 Å². The molecule has 0 aromatic heterocycles. The van der Waals surface area contributed by atoms with Crippen molar-refractivity contribution in [2.24, 2.45) is 5.73 Å². The lowest BCUT2D eigenvalue weighted by Crippen LogP contribution is -2.35. The van der Waals surface area contributed by atoms with Crippen LogP contribution in [0, 0.1) is 13.8 Å². The van der Waals surface area contributed by atoms with Crippen LogP contribution in [0.3, 0.4) is 0 Å². The molecule has 1 rings (SSSR count). The summed E-state index contributed by atoms with van der Waals surface area (Å²) in [5, 5.41) is 12.4. The first kappa shape index (κ1) is 15.2. The third kappa shape index (κ3) is 4.41. The standard InChI is InChI=1S/C15H26N2O/c1-11-6-7-12(2)14(9-11)15(10-16)17-13(3)5-4-8-18/h6-7,9,13,15,17-18H,4-5,8,10,16H2,1-3H3. The van der Waals surface area contributed by atoms with E-state index in [2.05, 4.69) is 44.3 Å². The van der Waals surface area contributed by atoms with E-state index >= 15 is 0 Å². The Kier molecular flexibility index (Phi) is 6.33. The second-order valence-corrected chi connectivity index (χ2v) is 5.08. The molecular formula is C15H26N2O. The second-order valence-electron chi connectivity index (χ2n) is 5.08. The minimum Gasteiger partial charge on any atom is -0.396 e. The summed E-state index contributed by atoms with van der Waals surface area (Å²) in [7, 11) is 0. The first-order valence-corrected chi connectivity index (χ1v) is 6.72. The van der Waals surface area contributed by atoms with Gasteiger partial charge in [0.05, 0.1) is 0 Å². The Morgan fingerprint density at radius 3 is 2.67 bits per heavy atom. The summed E-state index contributed by atoms with van der Waals surface area (Å²) in [4.78, 5) is 0. The summed E-state index contributed by atoms with van der Waals surface area (Å²) in [6, 6.07) is 7.04. The van der Waals surface area contributed by atoms with Crippen molar-refractivity contribution in [3.63, 3.8) is 0 Å². The number of nitrogens with two attached hydrogens (primary N) is 1. The van der Waals surface area contributed by atoms with Crippen molar-refractivity contribution < 1.29 is 5.11 Å². The lowest BCUT2D eigenvalue weighted by molar-refractivity contribution is 0.274. The summed E-state index contributed by atoms with van der Waals surface area (Å²) < 4.78 is 0.